The minimum atomic E-state index is -0.135. The van der Waals surface area contributed by atoms with E-state index in [9.17, 15) is 4.79 Å². The number of halogens is 1. The molecule has 6 nitrogen and oxygen atoms in total. The Balaban J connectivity index is 1.79. The van der Waals surface area contributed by atoms with Gasteiger partial charge in [0.2, 0.25) is 5.91 Å². The summed E-state index contributed by atoms with van der Waals surface area (Å²) in [4.78, 5) is 18.8. The van der Waals surface area contributed by atoms with Crippen molar-refractivity contribution in [1.29, 1.82) is 0 Å². The van der Waals surface area contributed by atoms with E-state index in [1.54, 1.807) is 6.20 Å². The van der Waals surface area contributed by atoms with Crippen LogP contribution in [0.3, 0.4) is 0 Å². The van der Waals surface area contributed by atoms with Crippen LogP contribution >= 0.6 is 23.8 Å². The first kappa shape index (κ1) is 23.3. The molecule has 1 aliphatic rings. The summed E-state index contributed by atoms with van der Waals surface area (Å²) in [6, 6.07) is 13.5. The van der Waals surface area contributed by atoms with Crippen LogP contribution in [0.1, 0.15) is 48.6 Å². The standard InChI is InChI=1S/C25H28ClN5OS/c1-14(2)24(32)28-20-10-9-17(13-19(20)26)31-23(18-12-15(3)30(5)16(18)4)22(29-25(31)33)21-8-6-7-11-27-21/h6-14,22-23H,1-5H3,(H,28,32)(H,29,33)/t22-,23-/m0/s1. The van der Waals surface area contributed by atoms with Gasteiger partial charge in [0, 0.05) is 36.2 Å². The third-order valence-corrected chi connectivity index (χ3v) is 6.87. The zero-order chi connectivity index (χ0) is 23.9. The largest absolute Gasteiger partial charge is 0.352 e. The Morgan fingerprint density at radius 3 is 2.55 bits per heavy atom. The molecule has 3 heterocycles. The summed E-state index contributed by atoms with van der Waals surface area (Å²) in [5, 5.41) is 7.43. The van der Waals surface area contributed by atoms with Crippen LogP contribution in [0, 0.1) is 19.8 Å². The van der Waals surface area contributed by atoms with Crippen LogP contribution < -0.4 is 15.5 Å². The maximum absolute atomic E-state index is 12.1. The van der Waals surface area contributed by atoms with Crippen molar-refractivity contribution in [2.45, 2.75) is 39.8 Å². The van der Waals surface area contributed by atoms with Gasteiger partial charge in [-0.25, -0.2) is 0 Å². The van der Waals surface area contributed by atoms with Crippen LogP contribution in [0.15, 0.2) is 48.7 Å². The molecule has 0 aliphatic carbocycles. The Kier molecular flexibility index (Phi) is 6.45. The molecule has 1 aromatic carbocycles. The van der Waals surface area contributed by atoms with Crippen molar-refractivity contribution in [3.63, 3.8) is 0 Å². The number of anilines is 2. The van der Waals surface area contributed by atoms with Gasteiger partial charge in [0.25, 0.3) is 0 Å². The maximum Gasteiger partial charge on any atom is 0.226 e. The number of benzene rings is 1. The number of nitrogens with zero attached hydrogens (tertiary/aromatic N) is 3. The summed E-state index contributed by atoms with van der Waals surface area (Å²) in [6.45, 7) is 7.91. The van der Waals surface area contributed by atoms with E-state index in [-0.39, 0.29) is 23.9 Å². The van der Waals surface area contributed by atoms with Crippen LogP contribution in [0.2, 0.25) is 5.02 Å². The van der Waals surface area contributed by atoms with Crippen molar-refractivity contribution in [2.24, 2.45) is 13.0 Å². The van der Waals surface area contributed by atoms with Gasteiger partial charge in [-0.1, -0.05) is 31.5 Å². The van der Waals surface area contributed by atoms with E-state index >= 15 is 0 Å². The van der Waals surface area contributed by atoms with Gasteiger partial charge in [0.05, 0.1) is 28.5 Å². The van der Waals surface area contributed by atoms with Crippen molar-refractivity contribution in [3.05, 3.63) is 76.3 Å². The molecule has 33 heavy (non-hydrogen) atoms. The molecular formula is C25H28ClN5OS. The molecule has 2 atom stereocenters. The molecule has 1 aliphatic heterocycles. The molecule has 0 saturated carbocycles. The smallest absolute Gasteiger partial charge is 0.226 e. The highest BCUT2D eigenvalue weighted by Crippen LogP contribution is 2.44. The lowest BCUT2D eigenvalue weighted by Crippen LogP contribution is -2.29. The summed E-state index contributed by atoms with van der Waals surface area (Å²) in [5.74, 6) is -0.213. The molecule has 172 valence electrons. The van der Waals surface area contributed by atoms with Crippen LogP contribution in [0.5, 0.6) is 0 Å². The Labute approximate surface area is 205 Å². The summed E-state index contributed by atoms with van der Waals surface area (Å²) in [5.41, 5.74) is 5.87. The summed E-state index contributed by atoms with van der Waals surface area (Å²) < 4.78 is 2.18. The first-order valence-electron chi connectivity index (χ1n) is 10.9. The highest BCUT2D eigenvalue weighted by molar-refractivity contribution is 7.80. The van der Waals surface area contributed by atoms with E-state index in [1.165, 1.54) is 17.0 Å². The Morgan fingerprint density at radius 2 is 1.97 bits per heavy atom. The molecule has 0 spiro atoms. The number of aromatic nitrogens is 2. The number of thiocarbonyl (C=S) groups is 1. The van der Waals surface area contributed by atoms with E-state index in [1.807, 2.05) is 50.2 Å². The lowest BCUT2D eigenvalue weighted by Gasteiger charge is -2.28. The number of nitrogens with one attached hydrogen (secondary N) is 2. The average molecular weight is 482 g/mol. The molecular weight excluding hydrogens is 454 g/mol. The predicted molar refractivity (Wildman–Crippen MR) is 138 cm³/mol. The van der Waals surface area contributed by atoms with Crippen molar-refractivity contribution in [3.8, 4) is 0 Å². The lowest BCUT2D eigenvalue weighted by molar-refractivity contribution is -0.118. The zero-order valence-corrected chi connectivity index (χ0v) is 21.0. The van der Waals surface area contributed by atoms with Gasteiger partial charge < -0.3 is 20.1 Å². The molecule has 1 saturated heterocycles. The molecule has 1 fully saturated rings. The monoisotopic (exact) mass is 481 g/mol. The Morgan fingerprint density at radius 1 is 1.21 bits per heavy atom. The number of aryl methyl sites for hydroxylation is 1. The summed E-state index contributed by atoms with van der Waals surface area (Å²) >= 11 is 12.4. The van der Waals surface area contributed by atoms with Gasteiger partial charge in [-0.05, 0) is 68.0 Å². The SMILES string of the molecule is Cc1cc([C@H]2[C@H](c3ccccn3)NC(=S)N2c2ccc(NC(=O)C(C)C)c(Cl)c2)c(C)n1C. The average Bonchev–Trinajstić information content (AvgIpc) is 3.26. The maximum atomic E-state index is 12.1. The lowest BCUT2D eigenvalue weighted by atomic mass is 9.96. The highest BCUT2D eigenvalue weighted by atomic mass is 35.5. The number of carbonyl (C=O) groups is 1. The third kappa shape index (κ3) is 4.35. The Hall–Kier alpha value is -2.90. The van der Waals surface area contributed by atoms with E-state index in [4.69, 9.17) is 23.8 Å². The molecule has 3 aromatic rings. The molecule has 1 amide bonds. The molecule has 0 unspecified atom stereocenters. The van der Waals surface area contributed by atoms with E-state index in [0.717, 1.165) is 11.4 Å². The predicted octanol–water partition coefficient (Wildman–Crippen LogP) is 5.46. The second-order valence-corrected chi connectivity index (χ2v) is 9.48. The van der Waals surface area contributed by atoms with Gasteiger partial charge >= 0.3 is 0 Å². The quantitative estimate of drug-likeness (QED) is 0.473. The number of amides is 1. The third-order valence-electron chi connectivity index (χ3n) is 6.24. The van der Waals surface area contributed by atoms with Gasteiger partial charge in [-0.2, -0.15) is 0 Å². The van der Waals surface area contributed by atoms with Crippen LogP contribution in [-0.2, 0) is 11.8 Å². The summed E-state index contributed by atoms with van der Waals surface area (Å²) in [7, 11) is 2.07. The van der Waals surface area contributed by atoms with E-state index < -0.39 is 0 Å². The minimum Gasteiger partial charge on any atom is -0.352 e. The van der Waals surface area contributed by atoms with Gasteiger partial charge in [-0.3, -0.25) is 9.78 Å². The fraction of sp³-hybridized carbons (Fsp3) is 0.320. The normalized spacial score (nSPS) is 18.0. The fourth-order valence-electron chi connectivity index (χ4n) is 4.17. The fourth-order valence-corrected chi connectivity index (χ4v) is 4.73. The van der Waals surface area contributed by atoms with Gasteiger partial charge in [-0.15, -0.1) is 0 Å². The van der Waals surface area contributed by atoms with E-state index in [2.05, 4.69) is 52.0 Å². The molecule has 0 radical (unpaired) electrons. The van der Waals surface area contributed by atoms with E-state index in [0.29, 0.717) is 15.8 Å². The first-order valence-corrected chi connectivity index (χ1v) is 11.7. The van der Waals surface area contributed by atoms with Crippen molar-refractivity contribution >= 4 is 46.2 Å². The van der Waals surface area contributed by atoms with Crippen LogP contribution in [0.25, 0.3) is 0 Å². The second kappa shape index (κ2) is 9.15. The van der Waals surface area contributed by atoms with Gasteiger partial charge in [0.15, 0.2) is 5.11 Å². The Bertz CT molecular complexity index is 1210. The second-order valence-electron chi connectivity index (χ2n) is 8.69. The molecule has 2 aromatic heterocycles. The van der Waals surface area contributed by atoms with Crippen molar-refractivity contribution in [1.82, 2.24) is 14.9 Å². The van der Waals surface area contributed by atoms with Crippen molar-refractivity contribution in [2.75, 3.05) is 10.2 Å². The van der Waals surface area contributed by atoms with Crippen molar-refractivity contribution < 1.29 is 4.79 Å². The number of carbonyl (C=O) groups excluding carboxylic acids is 1. The summed E-state index contributed by atoms with van der Waals surface area (Å²) in [6.07, 6.45) is 1.80. The topological polar surface area (TPSA) is 62.2 Å². The number of hydrogen-bond donors (Lipinski definition) is 2. The number of rotatable bonds is 5. The minimum absolute atomic E-state index is 0.0773. The van der Waals surface area contributed by atoms with Crippen LogP contribution in [-0.4, -0.2) is 20.6 Å². The number of hydrogen-bond acceptors (Lipinski definition) is 3. The molecule has 0 bridgehead atoms. The van der Waals surface area contributed by atoms with Crippen LogP contribution in [0.4, 0.5) is 11.4 Å². The first-order chi connectivity index (χ1) is 15.7. The van der Waals surface area contributed by atoms with Gasteiger partial charge in [0.1, 0.15) is 0 Å². The molecule has 8 heteroatoms. The number of pyridine rings is 1. The highest BCUT2D eigenvalue weighted by Gasteiger charge is 2.42. The zero-order valence-electron chi connectivity index (χ0n) is 19.4. The molecule has 4 rings (SSSR count). The molecule has 2 N–H and O–H groups in total.